The van der Waals surface area contributed by atoms with Gasteiger partial charge in [0.15, 0.2) is 9.84 Å². The van der Waals surface area contributed by atoms with E-state index in [-0.39, 0.29) is 18.8 Å². The van der Waals surface area contributed by atoms with E-state index in [9.17, 15) is 25.6 Å². The van der Waals surface area contributed by atoms with Gasteiger partial charge >= 0.3 is 0 Å². The van der Waals surface area contributed by atoms with Crippen molar-refractivity contribution < 1.29 is 25.6 Å². The summed E-state index contributed by atoms with van der Waals surface area (Å²) in [7, 11) is -6.97. The second-order valence-electron chi connectivity index (χ2n) is 6.06. The number of benzene rings is 2. The van der Waals surface area contributed by atoms with Crippen LogP contribution in [-0.4, -0.2) is 41.6 Å². The van der Waals surface area contributed by atoms with Crippen LogP contribution in [-0.2, 0) is 26.2 Å². The lowest BCUT2D eigenvalue weighted by molar-refractivity contribution is 0.570. The Morgan fingerprint density at radius 3 is 2.04 bits per heavy atom. The molecule has 2 aromatic carbocycles. The first kappa shape index (κ1) is 20.3. The zero-order chi connectivity index (χ0) is 19.5. The quantitative estimate of drug-likeness (QED) is 0.710. The van der Waals surface area contributed by atoms with Crippen molar-refractivity contribution >= 4 is 25.4 Å². The zero-order valence-electron chi connectivity index (χ0n) is 14.3. The predicted molar refractivity (Wildman–Crippen MR) is 96.7 cm³/mol. The van der Waals surface area contributed by atoms with E-state index in [2.05, 4.69) is 0 Å². The lowest BCUT2D eigenvalue weighted by Gasteiger charge is -2.25. The smallest absolute Gasteiger partial charge is 0.178 e. The van der Waals surface area contributed by atoms with Gasteiger partial charge in [-0.05, 0) is 35.9 Å². The van der Waals surface area contributed by atoms with Gasteiger partial charge in [0.1, 0.15) is 26.4 Å². The van der Waals surface area contributed by atoms with Crippen molar-refractivity contribution in [3.05, 3.63) is 59.7 Å². The van der Waals surface area contributed by atoms with Crippen LogP contribution in [0.5, 0.6) is 0 Å². The molecule has 142 valence electrons. The van der Waals surface area contributed by atoms with E-state index < -0.39 is 36.2 Å². The Kier molecular flexibility index (Phi) is 6.02. The predicted octanol–water partition coefficient (Wildman–Crippen LogP) is 2.42. The number of nitrogens with zero attached hydrogens (tertiary/aromatic N) is 1. The molecule has 0 fully saturated rings. The molecule has 0 aliphatic heterocycles. The van der Waals surface area contributed by atoms with Crippen LogP contribution < -0.4 is 4.90 Å². The maximum Gasteiger partial charge on any atom is 0.178 e. The van der Waals surface area contributed by atoms with Crippen molar-refractivity contribution in [3.8, 4) is 0 Å². The molecule has 0 saturated heterocycles. The number of hydrogen-bond acceptors (Lipinski definition) is 5. The standard InChI is InChI=1S/C17H19F2NO4S2/c1-25(21,22)10-9-20(12-13-3-5-14(18)6-4-13)15-7-8-17(16(19)11-15)26(2,23)24/h3-8,11H,9-10,12H2,1-2H3. The third-order valence-corrected chi connectivity index (χ3v) is 5.75. The Morgan fingerprint density at radius 1 is 0.923 bits per heavy atom. The summed E-state index contributed by atoms with van der Waals surface area (Å²) in [6.45, 7) is 0.293. The Morgan fingerprint density at radius 2 is 1.54 bits per heavy atom. The highest BCUT2D eigenvalue weighted by Gasteiger charge is 2.17. The lowest BCUT2D eigenvalue weighted by Crippen LogP contribution is -2.29. The van der Waals surface area contributed by atoms with Gasteiger partial charge in [-0.2, -0.15) is 0 Å². The number of sulfone groups is 2. The van der Waals surface area contributed by atoms with Crippen molar-refractivity contribution in [3.63, 3.8) is 0 Å². The average Bonchev–Trinajstić information content (AvgIpc) is 2.51. The molecule has 0 bridgehead atoms. The lowest BCUT2D eigenvalue weighted by atomic mass is 10.2. The van der Waals surface area contributed by atoms with E-state index in [1.54, 1.807) is 17.0 Å². The summed E-state index contributed by atoms with van der Waals surface area (Å²) in [5.41, 5.74) is 1.04. The van der Waals surface area contributed by atoms with Crippen molar-refractivity contribution in [1.29, 1.82) is 0 Å². The van der Waals surface area contributed by atoms with Gasteiger partial charge in [-0.1, -0.05) is 12.1 Å². The molecule has 0 unspecified atom stereocenters. The molecule has 0 aromatic heterocycles. The summed E-state index contributed by atoms with van der Waals surface area (Å²) >= 11 is 0. The molecule has 0 saturated carbocycles. The van der Waals surface area contributed by atoms with Crippen molar-refractivity contribution in [2.24, 2.45) is 0 Å². The molecule has 5 nitrogen and oxygen atoms in total. The zero-order valence-corrected chi connectivity index (χ0v) is 15.9. The summed E-state index contributed by atoms with van der Waals surface area (Å²) in [5, 5.41) is 0. The number of halogens is 2. The number of rotatable bonds is 7. The molecule has 0 spiro atoms. The third-order valence-electron chi connectivity index (χ3n) is 3.70. The van der Waals surface area contributed by atoms with Crippen LogP contribution in [0.3, 0.4) is 0 Å². The maximum absolute atomic E-state index is 14.2. The van der Waals surface area contributed by atoms with Crippen molar-refractivity contribution in [2.45, 2.75) is 11.4 Å². The van der Waals surface area contributed by atoms with Crippen LogP contribution in [0, 0.1) is 11.6 Å². The van der Waals surface area contributed by atoms with Crippen LogP contribution in [0.1, 0.15) is 5.56 Å². The first-order valence-corrected chi connectivity index (χ1v) is 11.6. The van der Waals surface area contributed by atoms with Crippen LogP contribution >= 0.6 is 0 Å². The van der Waals surface area contributed by atoms with E-state index in [1.807, 2.05) is 0 Å². The van der Waals surface area contributed by atoms with Gasteiger partial charge < -0.3 is 4.90 Å². The fourth-order valence-corrected chi connectivity index (χ4v) is 3.65. The second-order valence-corrected chi connectivity index (χ2v) is 10.3. The molecule has 0 atom stereocenters. The summed E-state index contributed by atoms with van der Waals surface area (Å²) < 4.78 is 73.3. The Hall–Kier alpha value is -2.00. The molecule has 0 heterocycles. The summed E-state index contributed by atoms with van der Waals surface area (Å²) in [6, 6.07) is 9.27. The Balaban J connectivity index is 2.36. The minimum atomic E-state index is -3.71. The van der Waals surface area contributed by atoms with Crippen molar-refractivity contribution in [1.82, 2.24) is 0 Å². The van der Waals surface area contributed by atoms with Crippen LogP contribution in [0.25, 0.3) is 0 Å². The summed E-state index contributed by atoms with van der Waals surface area (Å²) in [5.74, 6) is -1.47. The average molecular weight is 403 g/mol. The molecule has 9 heteroatoms. The van der Waals surface area contributed by atoms with Gasteiger partial charge in [0.05, 0.1) is 5.75 Å². The van der Waals surface area contributed by atoms with Crippen LogP contribution in [0.4, 0.5) is 14.5 Å². The monoisotopic (exact) mass is 403 g/mol. The van der Waals surface area contributed by atoms with Gasteiger partial charge in [0.2, 0.25) is 0 Å². The van der Waals surface area contributed by atoms with Gasteiger partial charge in [-0.3, -0.25) is 0 Å². The summed E-state index contributed by atoms with van der Waals surface area (Å²) in [6.07, 6.45) is 2.00. The molecular formula is C17H19F2NO4S2. The molecule has 0 amide bonds. The van der Waals surface area contributed by atoms with Crippen LogP contribution in [0.2, 0.25) is 0 Å². The Labute approximate surface area is 152 Å². The van der Waals surface area contributed by atoms with Crippen molar-refractivity contribution in [2.75, 3.05) is 29.7 Å². The topological polar surface area (TPSA) is 71.5 Å². The van der Waals surface area contributed by atoms with Crippen LogP contribution in [0.15, 0.2) is 47.4 Å². The number of anilines is 1. The fraction of sp³-hybridized carbons (Fsp3) is 0.294. The largest absolute Gasteiger partial charge is 0.366 e. The highest BCUT2D eigenvalue weighted by atomic mass is 32.2. The Bertz CT molecular complexity index is 988. The molecule has 0 N–H and O–H groups in total. The normalized spacial score (nSPS) is 12.2. The number of hydrogen-bond donors (Lipinski definition) is 0. The van der Waals surface area contributed by atoms with Gasteiger partial charge in [-0.25, -0.2) is 25.6 Å². The van der Waals surface area contributed by atoms with E-state index in [1.165, 1.54) is 18.2 Å². The van der Waals surface area contributed by atoms with E-state index in [0.717, 1.165) is 24.6 Å². The van der Waals surface area contributed by atoms with E-state index in [0.29, 0.717) is 11.3 Å². The first-order chi connectivity index (χ1) is 12.0. The van der Waals surface area contributed by atoms with Gasteiger partial charge in [0, 0.05) is 31.3 Å². The molecule has 0 aliphatic rings. The first-order valence-electron chi connectivity index (χ1n) is 7.62. The minimum Gasteiger partial charge on any atom is -0.366 e. The molecule has 2 aromatic rings. The highest BCUT2D eigenvalue weighted by molar-refractivity contribution is 7.91. The molecule has 0 radical (unpaired) electrons. The highest BCUT2D eigenvalue weighted by Crippen LogP contribution is 2.23. The van der Waals surface area contributed by atoms with Gasteiger partial charge in [0.25, 0.3) is 0 Å². The maximum atomic E-state index is 14.2. The molecule has 2 rings (SSSR count). The summed E-state index contributed by atoms with van der Waals surface area (Å²) in [4.78, 5) is 1.18. The molecule has 26 heavy (non-hydrogen) atoms. The van der Waals surface area contributed by atoms with Gasteiger partial charge in [-0.15, -0.1) is 0 Å². The minimum absolute atomic E-state index is 0.0773. The molecular weight excluding hydrogens is 384 g/mol. The van der Waals surface area contributed by atoms with E-state index in [4.69, 9.17) is 0 Å². The second kappa shape index (κ2) is 7.71. The molecule has 0 aliphatic carbocycles. The SMILES string of the molecule is CS(=O)(=O)CCN(Cc1ccc(F)cc1)c1ccc(S(C)(=O)=O)c(F)c1. The fourth-order valence-electron chi connectivity index (χ4n) is 2.37. The third kappa shape index (κ3) is 5.77. The van der Waals surface area contributed by atoms with E-state index >= 15 is 0 Å².